The van der Waals surface area contributed by atoms with Crippen molar-refractivity contribution in [1.82, 2.24) is 0 Å². The van der Waals surface area contributed by atoms with Gasteiger partial charge in [0.2, 0.25) is 5.91 Å². The largest absolute Gasteiger partial charge is 0.325 e. The molecule has 0 radical (unpaired) electrons. The van der Waals surface area contributed by atoms with Crippen LogP contribution in [-0.4, -0.2) is 16.7 Å². The highest BCUT2D eigenvalue weighted by molar-refractivity contribution is 6.29. The predicted molar refractivity (Wildman–Crippen MR) is 52.4 cm³/mol. The molecule has 1 N–H and O–H groups in total. The number of alkyl halides is 1. The molecule has 0 heterocycles. The molecule has 1 aromatic carbocycles. The summed E-state index contributed by atoms with van der Waals surface area (Å²) < 4.78 is 12.9. The molecule has 7 heteroatoms. The van der Waals surface area contributed by atoms with Crippen molar-refractivity contribution < 1.29 is 14.1 Å². The Kier molecular flexibility index (Phi) is 3.56. The van der Waals surface area contributed by atoms with Crippen molar-refractivity contribution >= 4 is 28.9 Å². The molecule has 0 aliphatic heterocycles. The lowest BCUT2D eigenvalue weighted by atomic mass is 10.2. The van der Waals surface area contributed by atoms with Crippen LogP contribution in [0.2, 0.25) is 0 Å². The molecule has 0 bridgehead atoms. The SMILES string of the molecule is O=C(CCl)Nc1cc(F)cc([N+](=O)[O-])c1. The summed E-state index contributed by atoms with van der Waals surface area (Å²) in [6.45, 7) is 0. The maximum atomic E-state index is 12.9. The second-order valence-corrected chi connectivity index (χ2v) is 2.90. The quantitative estimate of drug-likeness (QED) is 0.492. The van der Waals surface area contributed by atoms with E-state index in [1.54, 1.807) is 0 Å². The van der Waals surface area contributed by atoms with E-state index in [4.69, 9.17) is 11.6 Å². The summed E-state index contributed by atoms with van der Waals surface area (Å²) >= 11 is 5.20. The van der Waals surface area contributed by atoms with Crippen LogP contribution < -0.4 is 5.32 Å². The lowest BCUT2D eigenvalue weighted by molar-refractivity contribution is -0.385. The van der Waals surface area contributed by atoms with Crippen molar-refractivity contribution in [3.05, 3.63) is 34.1 Å². The van der Waals surface area contributed by atoms with Gasteiger partial charge in [0.25, 0.3) is 5.69 Å². The number of carbonyl (C=O) groups is 1. The van der Waals surface area contributed by atoms with Gasteiger partial charge in [0, 0.05) is 6.07 Å². The number of nitrogens with one attached hydrogen (secondary N) is 1. The van der Waals surface area contributed by atoms with Gasteiger partial charge in [-0.2, -0.15) is 0 Å². The lowest BCUT2D eigenvalue weighted by Crippen LogP contribution is -2.12. The van der Waals surface area contributed by atoms with Gasteiger partial charge in [0.15, 0.2) is 0 Å². The van der Waals surface area contributed by atoms with Gasteiger partial charge in [-0.05, 0) is 6.07 Å². The Morgan fingerprint density at radius 2 is 2.20 bits per heavy atom. The number of hydrogen-bond acceptors (Lipinski definition) is 3. The highest BCUT2D eigenvalue weighted by Crippen LogP contribution is 2.19. The molecule has 1 rings (SSSR count). The van der Waals surface area contributed by atoms with Gasteiger partial charge in [0.1, 0.15) is 11.7 Å². The fourth-order valence-electron chi connectivity index (χ4n) is 0.946. The van der Waals surface area contributed by atoms with Crippen LogP contribution in [0.4, 0.5) is 15.8 Å². The zero-order valence-corrected chi connectivity index (χ0v) is 8.12. The molecule has 0 atom stereocenters. The van der Waals surface area contributed by atoms with Gasteiger partial charge in [-0.3, -0.25) is 14.9 Å². The Balaban J connectivity index is 2.98. The standard InChI is InChI=1S/C8H6ClFN2O3/c9-4-8(13)11-6-1-5(10)2-7(3-6)12(14)15/h1-3H,4H2,(H,11,13). The van der Waals surface area contributed by atoms with Crippen LogP contribution in [0.5, 0.6) is 0 Å². The van der Waals surface area contributed by atoms with E-state index in [-0.39, 0.29) is 11.6 Å². The number of carbonyl (C=O) groups excluding carboxylic acids is 1. The van der Waals surface area contributed by atoms with Crippen molar-refractivity contribution in [3.8, 4) is 0 Å². The van der Waals surface area contributed by atoms with E-state index in [2.05, 4.69) is 5.32 Å². The molecule has 15 heavy (non-hydrogen) atoms. The van der Waals surface area contributed by atoms with E-state index >= 15 is 0 Å². The molecule has 0 aliphatic carbocycles. The normalized spacial score (nSPS) is 9.73. The monoisotopic (exact) mass is 232 g/mol. The first-order valence-corrected chi connectivity index (χ1v) is 4.37. The van der Waals surface area contributed by atoms with E-state index in [1.165, 1.54) is 0 Å². The zero-order valence-electron chi connectivity index (χ0n) is 7.37. The topological polar surface area (TPSA) is 72.2 Å². The number of nitro groups is 1. The first kappa shape index (κ1) is 11.4. The van der Waals surface area contributed by atoms with Crippen molar-refractivity contribution in [1.29, 1.82) is 0 Å². The van der Waals surface area contributed by atoms with E-state index in [0.29, 0.717) is 0 Å². The maximum Gasteiger partial charge on any atom is 0.274 e. The predicted octanol–water partition coefficient (Wildman–Crippen LogP) is 1.91. The smallest absolute Gasteiger partial charge is 0.274 e. The summed E-state index contributed by atoms with van der Waals surface area (Å²) in [5.74, 6) is -1.66. The van der Waals surface area contributed by atoms with Gasteiger partial charge in [0.05, 0.1) is 16.7 Å². The first-order chi connectivity index (χ1) is 7.02. The number of nitro benzene ring substituents is 1. The van der Waals surface area contributed by atoms with Crippen LogP contribution >= 0.6 is 11.6 Å². The second-order valence-electron chi connectivity index (χ2n) is 2.64. The molecular weight excluding hydrogens is 227 g/mol. The average Bonchev–Trinajstić information content (AvgIpc) is 2.16. The number of nitrogens with zero attached hydrogens (tertiary/aromatic N) is 1. The van der Waals surface area contributed by atoms with Crippen LogP contribution in [0.3, 0.4) is 0 Å². The molecule has 5 nitrogen and oxygen atoms in total. The Morgan fingerprint density at radius 1 is 1.53 bits per heavy atom. The van der Waals surface area contributed by atoms with Crippen molar-refractivity contribution in [2.24, 2.45) is 0 Å². The molecule has 0 unspecified atom stereocenters. The molecule has 0 saturated carbocycles. The Labute approximate surface area is 89.0 Å². The molecule has 1 aromatic rings. The molecule has 0 spiro atoms. The summed E-state index contributed by atoms with van der Waals surface area (Å²) in [6, 6.07) is 2.78. The minimum atomic E-state index is -0.797. The lowest BCUT2D eigenvalue weighted by Gasteiger charge is -2.02. The molecule has 0 saturated heterocycles. The highest BCUT2D eigenvalue weighted by Gasteiger charge is 2.10. The van der Waals surface area contributed by atoms with E-state index in [0.717, 1.165) is 18.2 Å². The number of anilines is 1. The zero-order chi connectivity index (χ0) is 11.4. The summed E-state index contributed by atoms with van der Waals surface area (Å²) in [6.07, 6.45) is 0. The van der Waals surface area contributed by atoms with Crippen LogP contribution in [0.25, 0.3) is 0 Å². The third kappa shape index (κ3) is 3.17. The number of amides is 1. The third-order valence-corrected chi connectivity index (χ3v) is 1.74. The van der Waals surface area contributed by atoms with Crippen LogP contribution in [0.15, 0.2) is 18.2 Å². The number of benzene rings is 1. The Morgan fingerprint density at radius 3 is 2.73 bits per heavy atom. The van der Waals surface area contributed by atoms with Crippen molar-refractivity contribution in [3.63, 3.8) is 0 Å². The average molecular weight is 233 g/mol. The first-order valence-electron chi connectivity index (χ1n) is 3.83. The van der Waals surface area contributed by atoms with Crippen LogP contribution in [-0.2, 0) is 4.79 Å². The van der Waals surface area contributed by atoms with Crippen LogP contribution in [0, 0.1) is 15.9 Å². The maximum absolute atomic E-state index is 12.9. The highest BCUT2D eigenvalue weighted by atomic mass is 35.5. The molecule has 0 aliphatic rings. The molecular formula is C8H6ClFN2O3. The van der Waals surface area contributed by atoms with Gasteiger partial charge in [-0.1, -0.05) is 0 Å². The molecule has 0 fully saturated rings. The van der Waals surface area contributed by atoms with E-state index in [1.807, 2.05) is 0 Å². The second kappa shape index (κ2) is 4.70. The summed E-state index contributed by atoms with van der Waals surface area (Å²) in [4.78, 5) is 20.4. The summed E-state index contributed by atoms with van der Waals surface area (Å²) in [5.41, 5.74) is -0.424. The van der Waals surface area contributed by atoms with Gasteiger partial charge in [-0.25, -0.2) is 4.39 Å². The van der Waals surface area contributed by atoms with Gasteiger partial charge >= 0.3 is 0 Å². The summed E-state index contributed by atoms with van der Waals surface area (Å²) in [5, 5.41) is 12.6. The number of halogens is 2. The van der Waals surface area contributed by atoms with Crippen molar-refractivity contribution in [2.45, 2.75) is 0 Å². The van der Waals surface area contributed by atoms with E-state index in [9.17, 15) is 19.3 Å². The van der Waals surface area contributed by atoms with Crippen molar-refractivity contribution in [2.75, 3.05) is 11.2 Å². The minimum Gasteiger partial charge on any atom is -0.325 e. The number of non-ortho nitro benzene ring substituents is 1. The third-order valence-electron chi connectivity index (χ3n) is 1.50. The Bertz CT molecular complexity index is 411. The fourth-order valence-corrected chi connectivity index (χ4v) is 1.01. The van der Waals surface area contributed by atoms with Crippen LogP contribution in [0.1, 0.15) is 0 Å². The minimum absolute atomic E-state index is 0.00681. The van der Waals surface area contributed by atoms with E-state index < -0.39 is 22.3 Å². The molecule has 0 aromatic heterocycles. The summed E-state index contributed by atoms with van der Waals surface area (Å²) in [7, 11) is 0. The molecule has 80 valence electrons. The molecule has 1 amide bonds. The Hall–Kier alpha value is -1.69. The fraction of sp³-hybridized carbons (Fsp3) is 0.125. The number of hydrogen-bond donors (Lipinski definition) is 1. The van der Waals surface area contributed by atoms with Gasteiger partial charge in [-0.15, -0.1) is 11.6 Å². The van der Waals surface area contributed by atoms with Gasteiger partial charge < -0.3 is 5.32 Å². The number of rotatable bonds is 3.